The van der Waals surface area contributed by atoms with Gasteiger partial charge in [-0.1, -0.05) is 18.2 Å². The van der Waals surface area contributed by atoms with Crippen LogP contribution in [0.15, 0.2) is 42.6 Å². The van der Waals surface area contributed by atoms with Crippen molar-refractivity contribution in [3.63, 3.8) is 0 Å². The molecule has 1 saturated heterocycles. The third-order valence-electron chi connectivity index (χ3n) is 4.11. The second-order valence-electron chi connectivity index (χ2n) is 6.02. The molecule has 130 valence electrons. The van der Waals surface area contributed by atoms with E-state index in [9.17, 15) is 9.59 Å². The number of carbonyl (C=O) groups excluding carboxylic acids is 2. The van der Waals surface area contributed by atoms with Crippen molar-refractivity contribution in [1.82, 2.24) is 4.98 Å². The van der Waals surface area contributed by atoms with Gasteiger partial charge in [-0.3, -0.25) is 9.59 Å². The molecular formula is C19H21N3O3. The van der Waals surface area contributed by atoms with Gasteiger partial charge in [0, 0.05) is 19.2 Å². The Kier molecular flexibility index (Phi) is 4.97. The number of aromatic nitrogens is 1. The molecule has 6 nitrogen and oxygen atoms in total. The summed E-state index contributed by atoms with van der Waals surface area (Å²) in [6.45, 7) is 4.68. The van der Waals surface area contributed by atoms with Crippen LogP contribution < -0.4 is 15.0 Å². The van der Waals surface area contributed by atoms with Crippen LogP contribution in [-0.2, 0) is 9.59 Å². The average Bonchev–Trinajstić information content (AvgIpc) is 2.99. The number of amides is 2. The van der Waals surface area contributed by atoms with E-state index < -0.39 is 5.92 Å². The zero-order valence-electron chi connectivity index (χ0n) is 14.4. The summed E-state index contributed by atoms with van der Waals surface area (Å²) in [6, 6.07) is 11.0. The number of ether oxygens (including phenoxy) is 1. The summed E-state index contributed by atoms with van der Waals surface area (Å²) in [5.41, 5.74) is 1.73. The van der Waals surface area contributed by atoms with Gasteiger partial charge in [-0.2, -0.15) is 0 Å². The number of pyridine rings is 1. The number of hydrogen-bond donors (Lipinski definition) is 1. The molecule has 1 aliphatic heterocycles. The Hall–Kier alpha value is -2.89. The first-order valence-corrected chi connectivity index (χ1v) is 8.34. The van der Waals surface area contributed by atoms with Gasteiger partial charge in [-0.25, -0.2) is 4.98 Å². The summed E-state index contributed by atoms with van der Waals surface area (Å²) in [4.78, 5) is 30.7. The van der Waals surface area contributed by atoms with Crippen molar-refractivity contribution < 1.29 is 14.3 Å². The first-order chi connectivity index (χ1) is 12.1. The van der Waals surface area contributed by atoms with Gasteiger partial charge in [-0.15, -0.1) is 0 Å². The summed E-state index contributed by atoms with van der Waals surface area (Å²) in [5.74, 6) is 0.464. The van der Waals surface area contributed by atoms with Gasteiger partial charge >= 0.3 is 0 Å². The minimum atomic E-state index is -0.412. The number of nitrogens with zero attached hydrogens (tertiary/aromatic N) is 2. The number of benzene rings is 1. The molecule has 0 unspecified atom stereocenters. The van der Waals surface area contributed by atoms with Gasteiger partial charge in [0.1, 0.15) is 11.6 Å². The molecule has 2 amide bonds. The molecule has 0 radical (unpaired) electrons. The third kappa shape index (κ3) is 3.79. The van der Waals surface area contributed by atoms with Gasteiger partial charge in [-0.05, 0) is 37.6 Å². The van der Waals surface area contributed by atoms with Crippen LogP contribution in [0.3, 0.4) is 0 Å². The lowest BCUT2D eigenvalue weighted by atomic mass is 10.1. The van der Waals surface area contributed by atoms with Crippen LogP contribution in [0.4, 0.5) is 11.5 Å². The van der Waals surface area contributed by atoms with E-state index in [1.807, 2.05) is 44.2 Å². The number of nitrogens with one attached hydrogen (secondary N) is 1. The van der Waals surface area contributed by atoms with Gasteiger partial charge in [0.25, 0.3) is 0 Å². The smallest absolute Gasteiger partial charge is 0.230 e. The van der Waals surface area contributed by atoms with Crippen molar-refractivity contribution in [3.8, 4) is 5.75 Å². The maximum absolute atomic E-state index is 12.5. The molecule has 1 N–H and O–H groups in total. The van der Waals surface area contributed by atoms with E-state index in [0.29, 0.717) is 30.4 Å². The number of para-hydroxylation sites is 2. The Morgan fingerprint density at radius 3 is 2.84 bits per heavy atom. The Balaban J connectivity index is 1.72. The predicted octanol–water partition coefficient (Wildman–Crippen LogP) is 2.78. The fraction of sp³-hybridized carbons (Fsp3) is 0.316. The van der Waals surface area contributed by atoms with Crippen LogP contribution >= 0.6 is 0 Å². The topological polar surface area (TPSA) is 71.5 Å². The Bertz CT molecular complexity index is 774. The minimum absolute atomic E-state index is 0.0795. The first-order valence-electron chi connectivity index (χ1n) is 8.34. The number of aryl methyl sites for hydroxylation is 1. The van der Waals surface area contributed by atoms with E-state index in [4.69, 9.17) is 4.74 Å². The van der Waals surface area contributed by atoms with Gasteiger partial charge in [0.05, 0.1) is 18.2 Å². The van der Waals surface area contributed by atoms with E-state index in [0.717, 1.165) is 5.56 Å². The van der Waals surface area contributed by atoms with Crippen molar-refractivity contribution in [3.05, 3.63) is 48.2 Å². The molecule has 0 bridgehead atoms. The molecule has 3 rings (SSSR count). The highest BCUT2D eigenvalue weighted by Crippen LogP contribution is 2.33. The van der Waals surface area contributed by atoms with E-state index in [-0.39, 0.29) is 18.2 Å². The quantitative estimate of drug-likeness (QED) is 0.909. The largest absolute Gasteiger partial charge is 0.492 e. The second-order valence-corrected chi connectivity index (χ2v) is 6.02. The normalized spacial score (nSPS) is 16.8. The molecule has 0 saturated carbocycles. The molecule has 1 aromatic carbocycles. The van der Waals surface area contributed by atoms with E-state index >= 15 is 0 Å². The SMILES string of the molecule is CCOc1ccccc1N1C[C@@H](C(=O)Nc2ccc(C)cn2)CC1=O. The number of rotatable bonds is 5. The molecule has 1 fully saturated rings. The third-order valence-corrected chi connectivity index (χ3v) is 4.11. The Morgan fingerprint density at radius 1 is 1.32 bits per heavy atom. The summed E-state index contributed by atoms with van der Waals surface area (Å²) < 4.78 is 5.60. The molecule has 2 heterocycles. The van der Waals surface area contributed by atoms with E-state index in [1.54, 1.807) is 17.2 Å². The zero-order chi connectivity index (χ0) is 17.8. The highest BCUT2D eigenvalue weighted by Gasteiger charge is 2.36. The van der Waals surface area contributed by atoms with Gasteiger partial charge < -0.3 is 15.0 Å². The molecular weight excluding hydrogens is 318 g/mol. The number of carbonyl (C=O) groups is 2. The Morgan fingerprint density at radius 2 is 2.12 bits per heavy atom. The standard InChI is InChI=1S/C19H21N3O3/c1-3-25-16-7-5-4-6-15(16)22-12-14(10-18(22)23)19(24)21-17-9-8-13(2)11-20-17/h4-9,11,14H,3,10,12H2,1-2H3,(H,20,21,24)/t14-/m0/s1. The number of anilines is 2. The van der Waals surface area contributed by atoms with Crippen molar-refractivity contribution in [1.29, 1.82) is 0 Å². The minimum Gasteiger partial charge on any atom is -0.492 e. The average molecular weight is 339 g/mol. The van der Waals surface area contributed by atoms with Crippen molar-refractivity contribution in [2.45, 2.75) is 20.3 Å². The monoisotopic (exact) mass is 339 g/mol. The molecule has 1 aliphatic rings. The lowest BCUT2D eigenvalue weighted by Crippen LogP contribution is -2.28. The van der Waals surface area contributed by atoms with Crippen LogP contribution in [0.2, 0.25) is 0 Å². The fourth-order valence-corrected chi connectivity index (χ4v) is 2.84. The van der Waals surface area contributed by atoms with Crippen molar-refractivity contribution >= 4 is 23.3 Å². The summed E-state index contributed by atoms with van der Waals surface area (Å²) >= 11 is 0. The van der Waals surface area contributed by atoms with Gasteiger partial charge in [0.2, 0.25) is 11.8 Å². The van der Waals surface area contributed by atoms with Crippen molar-refractivity contribution in [2.75, 3.05) is 23.4 Å². The maximum Gasteiger partial charge on any atom is 0.230 e. The fourth-order valence-electron chi connectivity index (χ4n) is 2.84. The summed E-state index contributed by atoms with van der Waals surface area (Å²) in [7, 11) is 0. The predicted molar refractivity (Wildman–Crippen MR) is 95.7 cm³/mol. The zero-order valence-corrected chi connectivity index (χ0v) is 14.4. The first kappa shape index (κ1) is 17.0. The second kappa shape index (κ2) is 7.34. The summed E-state index contributed by atoms with van der Waals surface area (Å²) in [6.07, 6.45) is 1.87. The summed E-state index contributed by atoms with van der Waals surface area (Å²) in [5, 5.41) is 2.78. The molecule has 25 heavy (non-hydrogen) atoms. The molecule has 6 heteroatoms. The molecule has 1 atom stereocenters. The van der Waals surface area contributed by atoms with Crippen LogP contribution in [0.25, 0.3) is 0 Å². The molecule has 0 aliphatic carbocycles. The molecule has 0 spiro atoms. The van der Waals surface area contributed by atoms with Crippen LogP contribution in [-0.4, -0.2) is 29.9 Å². The lowest BCUT2D eigenvalue weighted by molar-refractivity contribution is -0.122. The van der Waals surface area contributed by atoms with Crippen molar-refractivity contribution in [2.24, 2.45) is 5.92 Å². The highest BCUT2D eigenvalue weighted by molar-refractivity contribution is 6.03. The van der Waals surface area contributed by atoms with Gasteiger partial charge in [0.15, 0.2) is 0 Å². The van der Waals surface area contributed by atoms with Crippen LogP contribution in [0, 0.1) is 12.8 Å². The number of hydrogen-bond acceptors (Lipinski definition) is 4. The lowest BCUT2D eigenvalue weighted by Gasteiger charge is -2.20. The molecule has 1 aromatic heterocycles. The van der Waals surface area contributed by atoms with E-state index in [1.165, 1.54) is 0 Å². The van der Waals surface area contributed by atoms with Crippen LogP contribution in [0.1, 0.15) is 18.9 Å². The highest BCUT2D eigenvalue weighted by atomic mass is 16.5. The molecule has 2 aromatic rings. The maximum atomic E-state index is 12.5. The Labute approximate surface area is 146 Å². The van der Waals surface area contributed by atoms with E-state index in [2.05, 4.69) is 10.3 Å². The van der Waals surface area contributed by atoms with Crippen LogP contribution in [0.5, 0.6) is 5.75 Å².